The van der Waals surface area contributed by atoms with Gasteiger partial charge < -0.3 is 29.0 Å². The first-order valence-corrected chi connectivity index (χ1v) is 11.6. The Kier molecular flexibility index (Phi) is 5.37. The quantitative estimate of drug-likeness (QED) is 0.595. The molecule has 0 aromatic heterocycles. The van der Waals surface area contributed by atoms with Gasteiger partial charge in [-0.3, -0.25) is 9.69 Å². The molecule has 3 aliphatic rings. The number of methoxy groups -OCH3 is 1. The molecule has 0 saturated carbocycles. The van der Waals surface area contributed by atoms with Crippen LogP contribution >= 0.6 is 0 Å². The highest BCUT2D eigenvalue weighted by Gasteiger charge is 2.34. The summed E-state index contributed by atoms with van der Waals surface area (Å²) in [5, 5.41) is 2.96. The Balaban J connectivity index is 1.20. The van der Waals surface area contributed by atoms with E-state index in [0.717, 1.165) is 47.7 Å². The molecule has 6 rings (SSSR count). The monoisotopic (exact) mass is 474 g/mol. The maximum Gasteiger partial charge on any atom is 0.255 e. The number of fused-ring (bicyclic) bond motifs is 3. The van der Waals surface area contributed by atoms with Crippen molar-refractivity contribution in [2.75, 3.05) is 39.6 Å². The van der Waals surface area contributed by atoms with Crippen LogP contribution in [0, 0.1) is 0 Å². The molecule has 8 nitrogen and oxygen atoms in total. The number of hydrogen-bond acceptors (Lipinski definition) is 7. The van der Waals surface area contributed by atoms with E-state index in [-0.39, 0.29) is 25.5 Å². The molecule has 3 heterocycles. The van der Waals surface area contributed by atoms with Crippen LogP contribution in [0.3, 0.4) is 0 Å². The van der Waals surface area contributed by atoms with Crippen molar-refractivity contribution in [2.24, 2.45) is 0 Å². The molecule has 0 aliphatic carbocycles. The van der Waals surface area contributed by atoms with Crippen molar-refractivity contribution in [3.63, 3.8) is 0 Å². The van der Waals surface area contributed by atoms with E-state index in [4.69, 9.17) is 23.7 Å². The Labute approximate surface area is 203 Å². The van der Waals surface area contributed by atoms with Gasteiger partial charge in [0.2, 0.25) is 19.3 Å². The summed E-state index contributed by atoms with van der Waals surface area (Å²) in [4.78, 5) is 15.1. The molecule has 0 unspecified atom stereocenters. The predicted molar refractivity (Wildman–Crippen MR) is 129 cm³/mol. The fraction of sp³-hybridized carbons (Fsp3) is 0.296. The average Bonchev–Trinajstić information content (AvgIpc) is 3.54. The van der Waals surface area contributed by atoms with Gasteiger partial charge in [0.1, 0.15) is 0 Å². The van der Waals surface area contributed by atoms with Gasteiger partial charge in [0.15, 0.2) is 23.0 Å². The lowest BCUT2D eigenvalue weighted by Crippen LogP contribution is -2.33. The zero-order valence-corrected chi connectivity index (χ0v) is 19.6. The second kappa shape index (κ2) is 8.70. The summed E-state index contributed by atoms with van der Waals surface area (Å²) >= 11 is 0. The van der Waals surface area contributed by atoms with Crippen molar-refractivity contribution in [3.05, 3.63) is 70.8 Å². The van der Waals surface area contributed by atoms with E-state index >= 15 is 0 Å². The highest BCUT2D eigenvalue weighted by atomic mass is 16.7. The lowest BCUT2D eigenvalue weighted by Gasteiger charge is -2.36. The van der Waals surface area contributed by atoms with Crippen molar-refractivity contribution in [1.29, 1.82) is 0 Å². The highest BCUT2D eigenvalue weighted by Crippen LogP contribution is 2.50. The molecule has 1 amide bonds. The van der Waals surface area contributed by atoms with Crippen LogP contribution in [0.4, 0.5) is 5.69 Å². The van der Waals surface area contributed by atoms with Crippen molar-refractivity contribution in [3.8, 4) is 28.7 Å². The Morgan fingerprint density at radius 1 is 1.00 bits per heavy atom. The lowest BCUT2D eigenvalue weighted by atomic mass is 9.87. The standard InChI is InChI=1S/C27H26N2O6/c1-29-10-9-17-12-23-25(35-15-34-23)26(31-2)24(17)20(29)11-16-3-6-19(7-4-16)28-27(30)18-5-8-21-22(13-18)33-14-32-21/h3-8,12-13,20H,9-11,14-15H2,1-2H3,(H,28,30)/t20-/m1/s1. The molecule has 3 aliphatic heterocycles. The highest BCUT2D eigenvalue weighted by molar-refractivity contribution is 6.04. The smallest absolute Gasteiger partial charge is 0.255 e. The predicted octanol–water partition coefficient (Wildman–Crippen LogP) is 4.18. The summed E-state index contributed by atoms with van der Waals surface area (Å²) in [6.07, 6.45) is 1.73. The first-order chi connectivity index (χ1) is 17.1. The van der Waals surface area contributed by atoms with Gasteiger partial charge in [-0.05, 0) is 67.4 Å². The molecule has 35 heavy (non-hydrogen) atoms. The third-order valence-corrected chi connectivity index (χ3v) is 6.82. The zero-order chi connectivity index (χ0) is 23.9. The number of carbonyl (C=O) groups is 1. The van der Waals surface area contributed by atoms with Crippen molar-refractivity contribution in [1.82, 2.24) is 4.90 Å². The first-order valence-electron chi connectivity index (χ1n) is 11.6. The summed E-state index contributed by atoms with van der Waals surface area (Å²) in [6, 6.07) is 15.4. The molecule has 0 spiro atoms. The van der Waals surface area contributed by atoms with Crippen LogP contribution in [0.25, 0.3) is 0 Å². The maximum absolute atomic E-state index is 12.7. The van der Waals surface area contributed by atoms with Gasteiger partial charge in [0.05, 0.1) is 7.11 Å². The molecule has 3 aromatic carbocycles. The second-order valence-electron chi connectivity index (χ2n) is 8.89. The number of likely N-dealkylation sites (N-methyl/N-ethyl adjacent to an activating group) is 1. The summed E-state index contributed by atoms with van der Waals surface area (Å²) in [5.74, 6) is 3.25. The van der Waals surface area contributed by atoms with Gasteiger partial charge in [-0.15, -0.1) is 0 Å². The van der Waals surface area contributed by atoms with E-state index in [0.29, 0.717) is 22.8 Å². The number of ether oxygens (including phenoxy) is 5. The molecule has 0 saturated heterocycles. The number of rotatable bonds is 5. The number of carbonyl (C=O) groups excluding carboxylic acids is 1. The van der Waals surface area contributed by atoms with Gasteiger partial charge in [-0.1, -0.05) is 12.1 Å². The summed E-state index contributed by atoms with van der Waals surface area (Å²) in [6.45, 7) is 1.34. The largest absolute Gasteiger partial charge is 0.492 e. The molecule has 1 N–H and O–H groups in total. The number of nitrogens with one attached hydrogen (secondary N) is 1. The van der Waals surface area contributed by atoms with Crippen LogP contribution in [-0.2, 0) is 12.8 Å². The SMILES string of the molecule is COc1c2c(cc3c1[C@@H](Cc1ccc(NC(=O)c4ccc5c(c4)OCO5)cc1)N(C)CC3)OCO2. The van der Waals surface area contributed by atoms with Crippen LogP contribution < -0.4 is 29.0 Å². The molecule has 8 heteroatoms. The number of anilines is 1. The van der Waals surface area contributed by atoms with Gasteiger partial charge in [0.25, 0.3) is 5.91 Å². The average molecular weight is 475 g/mol. The topological polar surface area (TPSA) is 78.5 Å². The third-order valence-electron chi connectivity index (χ3n) is 6.82. The van der Waals surface area contributed by atoms with E-state index in [1.165, 1.54) is 5.56 Å². The molecule has 0 radical (unpaired) electrons. The molecular weight excluding hydrogens is 448 g/mol. The van der Waals surface area contributed by atoms with Crippen LogP contribution in [-0.4, -0.2) is 45.1 Å². The van der Waals surface area contributed by atoms with Gasteiger partial charge in [-0.25, -0.2) is 0 Å². The van der Waals surface area contributed by atoms with Crippen LogP contribution in [0.2, 0.25) is 0 Å². The van der Waals surface area contributed by atoms with Crippen LogP contribution in [0.5, 0.6) is 28.7 Å². The zero-order valence-electron chi connectivity index (χ0n) is 19.6. The molecule has 0 bridgehead atoms. The van der Waals surface area contributed by atoms with Crippen LogP contribution in [0.15, 0.2) is 48.5 Å². The molecule has 0 fully saturated rings. The van der Waals surface area contributed by atoms with Crippen molar-refractivity contribution < 1.29 is 28.5 Å². The lowest BCUT2D eigenvalue weighted by molar-refractivity contribution is 0.102. The molecule has 1 atom stereocenters. The Hall–Kier alpha value is -3.91. The number of hydrogen-bond donors (Lipinski definition) is 1. The van der Waals surface area contributed by atoms with Gasteiger partial charge in [0, 0.05) is 29.4 Å². The third kappa shape index (κ3) is 3.89. The number of benzene rings is 3. The minimum absolute atomic E-state index is 0.136. The van der Waals surface area contributed by atoms with Crippen molar-refractivity contribution >= 4 is 11.6 Å². The normalized spacial score (nSPS) is 17.7. The summed E-state index contributed by atoms with van der Waals surface area (Å²) in [7, 11) is 3.82. The summed E-state index contributed by atoms with van der Waals surface area (Å²) < 4.78 is 27.8. The van der Waals surface area contributed by atoms with E-state index in [1.54, 1.807) is 25.3 Å². The number of amides is 1. The first kappa shape index (κ1) is 21.6. The number of nitrogens with zero attached hydrogens (tertiary/aromatic N) is 1. The summed E-state index contributed by atoms with van der Waals surface area (Å²) in [5.41, 5.74) is 4.81. The minimum atomic E-state index is -0.196. The minimum Gasteiger partial charge on any atom is -0.492 e. The Morgan fingerprint density at radius 2 is 1.77 bits per heavy atom. The molecule has 180 valence electrons. The maximum atomic E-state index is 12.7. The molecule has 3 aromatic rings. The van der Waals surface area contributed by atoms with Crippen molar-refractivity contribution in [2.45, 2.75) is 18.9 Å². The fourth-order valence-electron chi connectivity index (χ4n) is 4.97. The molecular formula is C27H26N2O6. The van der Waals surface area contributed by atoms with Gasteiger partial charge >= 0.3 is 0 Å². The fourth-order valence-corrected chi connectivity index (χ4v) is 4.97. The van der Waals surface area contributed by atoms with E-state index in [2.05, 4.69) is 35.5 Å². The Bertz CT molecular complexity index is 1290. The van der Waals surface area contributed by atoms with E-state index in [1.807, 2.05) is 12.1 Å². The van der Waals surface area contributed by atoms with Gasteiger partial charge in [-0.2, -0.15) is 0 Å². The Morgan fingerprint density at radius 3 is 2.60 bits per heavy atom. The van der Waals surface area contributed by atoms with Crippen LogP contribution in [0.1, 0.15) is 33.1 Å². The second-order valence-corrected chi connectivity index (χ2v) is 8.89. The van der Waals surface area contributed by atoms with E-state index in [9.17, 15) is 4.79 Å². The van der Waals surface area contributed by atoms with E-state index < -0.39 is 0 Å².